The number of aryl methyl sites for hydroxylation is 1. The van der Waals surface area contributed by atoms with Crippen LogP contribution in [-0.4, -0.2) is 0 Å². The van der Waals surface area contributed by atoms with Gasteiger partial charge in [0.15, 0.2) is 0 Å². The van der Waals surface area contributed by atoms with E-state index in [1.54, 1.807) is 0 Å². The molecule has 1 aliphatic carbocycles. The molecule has 0 radical (unpaired) electrons. The molecule has 1 aromatic rings. The molecule has 0 spiro atoms. The van der Waals surface area contributed by atoms with Gasteiger partial charge in [-0.25, -0.2) is 0 Å². The Morgan fingerprint density at radius 3 is 2.64 bits per heavy atom. The van der Waals surface area contributed by atoms with Crippen molar-refractivity contribution in [1.29, 1.82) is 0 Å². The van der Waals surface area contributed by atoms with Crippen LogP contribution in [0.25, 0.3) is 0 Å². The molecule has 1 saturated carbocycles. The summed E-state index contributed by atoms with van der Waals surface area (Å²) in [6.45, 7) is 2.07. The van der Waals surface area contributed by atoms with Gasteiger partial charge in [0, 0.05) is 5.69 Å². The van der Waals surface area contributed by atoms with Gasteiger partial charge in [0.25, 0.3) is 0 Å². The molecule has 1 nitrogen and oxygen atoms in total. The van der Waals surface area contributed by atoms with Crippen LogP contribution in [0.4, 0.5) is 5.69 Å². The van der Waals surface area contributed by atoms with Crippen LogP contribution in [0, 0.1) is 6.92 Å². The van der Waals surface area contributed by atoms with Crippen LogP contribution >= 0.6 is 0 Å². The number of rotatable bonds is 1. The van der Waals surface area contributed by atoms with Crippen molar-refractivity contribution in [2.75, 3.05) is 5.73 Å². The maximum Gasteiger partial charge on any atom is 0.0343 e. The van der Waals surface area contributed by atoms with Crippen molar-refractivity contribution in [2.24, 2.45) is 0 Å². The average Bonchev–Trinajstić information content (AvgIpc) is 2.77. The monoisotopic (exact) mass is 147 g/mol. The van der Waals surface area contributed by atoms with Crippen molar-refractivity contribution < 1.29 is 0 Å². The summed E-state index contributed by atoms with van der Waals surface area (Å²) in [5.41, 5.74) is 9.31. The molecular weight excluding hydrogens is 134 g/mol. The Labute approximate surface area is 67.2 Å². The first-order valence-corrected chi connectivity index (χ1v) is 4.13. The summed E-state index contributed by atoms with van der Waals surface area (Å²) in [5, 5.41) is 0. The first-order valence-electron chi connectivity index (χ1n) is 4.13. The van der Waals surface area contributed by atoms with Crippen molar-refractivity contribution in [3.63, 3.8) is 0 Å². The Morgan fingerprint density at radius 1 is 1.36 bits per heavy atom. The van der Waals surface area contributed by atoms with Crippen LogP contribution in [0.2, 0.25) is 0 Å². The summed E-state index contributed by atoms with van der Waals surface area (Å²) in [6, 6.07) is 6.38. The van der Waals surface area contributed by atoms with Crippen molar-refractivity contribution in [3.05, 3.63) is 29.3 Å². The van der Waals surface area contributed by atoms with Gasteiger partial charge in [-0.1, -0.05) is 12.1 Å². The summed E-state index contributed by atoms with van der Waals surface area (Å²) in [4.78, 5) is 0. The van der Waals surface area contributed by atoms with Crippen LogP contribution in [0.1, 0.15) is 29.9 Å². The topological polar surface area (TPSA) is 26.0 Å². The fourth-order valence-electron chi connectivity index (χ4n) is 1.37. The highest BCUT2D eigenvalue weighted by atomic mass is 14.5. The molecule has 11 heavy (non-hydrogen) atoms. The molecule has 0 aromatic heterocycles. The zero-order valence-corrected chi connectivity index (χ0v) is 6.80. The van der Waals surface area contributed by atoms with E-state index < -0.39 is 0 Å². The number of benzene rings is 1. The molecule has 2 rings (SSSR count). The van der Waals surface area contributed by atoms with Gasteiger partial charge in [-0.2, -0.15) is 0 Å². The lowest BCUT2D eigenvalue weighted by atomic mass is 10.1. The van der Waals surface area contributed by atoms with Crippen molar-refractivity contribution in [2.45, 2.75) is 25.7 Å². The van der Waals surface area contributed by atoms with Gasteiger partial charge in [-0.05, 0) is 42.9 Å². The van der Waals surface area contributed by atoms with Gasteiger partial charge in [0.05, 0.1) is 0 Å². The molecule has 1 aromatic carbocycles. The predicted molar refractivity (Wildman–Crippen MR) is 47.6 cm³/mol. The molecule has 0 aliphatic heterocycles. The number of nitrogen functional groups attached to an aromatic ring is 1. The minimum absolute atomic E-state index is 0.842. The third-order valence-corrected chi connectivity index (χ3v) is 2.34. The Morgan fingerprint density at radius 2 is 2.09 bits per heavy atom. The summed E-state index contributed by atoms with van der Waals surface area (Å²) < 4.78 is 0. The number of nitrogens with two attached hydrogens (primary N) is 1. The third kappa shape index (κ3) is 1.23. The molecular formula is C10H13N. The number of hydrogen-bond donors (Lipinski definition) is 1. The van der Waals surface area contributed by atoms with Crippen molar-refractivity contribution in [3.8, 4) is 0 Å². The molecule has 0 amide bonds. The first-order chi connectivity index (χ1) is 5.27. The molecule has 1 aliphatic rings. The molecule has 1 fully saturated rings. The second kappa shape index (κ2) is 2.26. The number of hydrogen-bond acceptors (Lipinski definition) is 1. The molecule has 0 atom stereocenters. The van der Waals surface area contributed by atoms with Gasteiger partial charge in [-0.3, -0.25) is 0 Å². The van der Waals surface area contributed by atoms with E-state index in [0.717, 1.165) is 11.6 Å². The normalized spacial score (nSPS) is 16.8. The maximum atomic E-state index is 5.71. The first kappa shape index (κ1) is 6.71. The standard InChI is InChI=1S/C10H13N/c1-7-6-9(8-2-3-8)4-5-10(7)11/h4-6,8H,2-3,11H2,1H3. The SMILES string of the molecule is Cc1cc(C2CC2)ccc1N. The zero-order valence-electron chi connectivity index (χ0n) is 6.80. The molecule has 58 valence electrons. The fourth-order valence-corrected chi connectivity index (χ4v) is 1.37. The van der Waals surface area contributed by atoms with Crippen molar-refractivity contribution in [1.82, 2.24) is 0 Å². The van der Waals surface area contributed by atoms with Gasteiger partial charge in [-0.15, -0.1) is 0 Å². The fraction of sp³-hybridized carbons (Fsp3) is 0.400. The Hall–Kier alpha value is -0.980. The van der Waals surface area contributed by atoms with Gasteiger partial charge in [0.1, 0.15) is 0 Å². The predicted octanol–water partition coefficient (Wildman–Crippen LogP) is 2.45. The highest BCUT2D eigenvalue weighted by Crippen LogP contribution is 2.40. The second-order valence-corrected chi connectivity index (χ2v) is 3.39. The smallest absolute Gasteiger partial charge is 0.0343 e. The third-order valence-electron chi connectivity index (χ3n) is 2.34. The largest absolute Gasteiger partial charge is 0.399 e. The van der Waals surface area contributed by atoms with Gasteiger partial charge in [0.2, 0.25) is 0 Å². The summed E-state index contributed by atoms with van der Waals surface area (Å²) >= 11 is 0. The van der Waals surface area contributed by atoms with Crippen LogP contribution in [-0.2, 0) is 0 Å². The maximum absolute atomic E-state index is 5.71. The highest BCUT2D eigenvalue weighted by Gasteiger charge is 2.23. The van der Waals surface area contributed by atoms with E-state index in [9.17, 15) is 0 Å². The van der Waals surface area contributed by atoms with Crippen molar-refractivity contribution >= 4 is 5.69 Å². The zero-order chi connectivity index (χ0) is 7.84. The summed E-state index contributed by atoms with van der Waals surface area (Å²) in [6.07, 6.45) is 2.73. The minimum Gasteiger partial charge on any atom is -0.399 e. The molecule has 2 N–H and O–H groups in total. The quantitative estimate of drug-likeness (QED) is 0.607. The average molecular weight is 147 g/mol. The molecule has 0 heterocycles. The van der Waals surface area contributed by atoms with E-state index in [0.29, 0.717) is 0 Å². The molecule has 0 saturated heterocycles. The van der Waals surface area contributed by atoms with E-state index in [2.05, 4.69) is 19.1 Å². The summed E-state index contributed by atoms with van der Waals surface area (Å²) in [7, 11) is 0. The lowest BCUT2D eigenvalue weighted by Crippen LogP contribution is -1.90. The molecule has 1 heteroatoms. The molecule has 0 bridgehead atoms. The van der Waals surface area contributed by atoms with E-state index in [1.807, 2.05) is 6.07 Å². The van der Waals surface area contributed by atoms with Crippen LogP contribution in [0.15, 0.2) is 18.2 Å². The Bertz CT molecular complexity index is 274. The molecule has 0 unspecified atom stereocenters. The summed E-state index contributed by atoms with van der Waals surface area (Å²) in [5.74, 6) is 0.842. The Balaban J connectivity index is 2.36. The van der Waals surface area contributed by atoms with E-state index in [1.165, 1.54) is 24.0 Å². The second-order valence-electron chi connectivity index (χ2n) is 3.39. The van der Waals surface area contributed by atoms with E-state index >= 15 is 0 Å². The lowest BCUT2D eigenvalue weighted by Gasteiger charge is -2.02. The van der Waals surface area contributed by atoms with E-state index in [-0.39, 0.29) is 0 Å². The lowest BCUT2D eigenvalue weighted by molar-refractivity contribution is 1.12. The van der Waals surface area contributed by atoms with Crippen LogP contribution in [0.3, 0.4) is 0 Å². The van der Waals surface area contributed by atoms with Crippen LogP contribution < -0.4 is 5.73 Å². The highest BCUT2D eigenvalue weighted by molar-refractivity contribution is 5.48. The van der Waals surface area contributed by atoms with Crippen LogP contribution in [0.5, 0.6) is 0 Å². The van der Waals surface area contributed by atoms with Gasteiger partial charge < -0.3 is 5.73 Å². The Kier molecular flexibility index (Phi) is 1.38. The number of anilines is 1. The van der Waals surface area contributed by atoms with Gasteiger partial charge >= 0.3 is 0 Å². The minimum atomic E-state index is 0.842. The van der Waals surface area contributed by atoms with E-state index in [4.69, 9.17) is 5.73 Å².